The number of guanidine groups is 1. The van der Waals surface area contributed by atoms with E-state index in [1.807, 2.05) is 19.2 Å². The van der Waals surface area contributed by atoms with Gasteiger partial charge in [-0.3, -0.25) is 4.99 Å². The Morgan fingerprint density at radius 3 is 2.58 bits per heavy atom. The van der Waals surface area contributed by atoms with E-state index in [4.69, 9.17) is 0 Å². The molecule has 1 saturated carbocycles. The van der Waals surface area contributed by atoms with E-state index in [1.54, 1.807) is 11.0 Å². The van der Waals surface area contributed by atoms with Gasteiger partial charge in [-0.2, -0.15) is 5.10 Å². The third-order valence-corrected chi connectivity index (χ3v) is 5.10. The highest BCUT2D eigenvalue weighted by atomic mass is 15.3. The van der Waals surface area contributed by atoms with Gasteiger partial charge in [0.2, 0.25) is 0 Å². The van der Waals surface area contributed by atoms with Crippen LogP contribution in [-0.2, 0) is 6.54 Å². The minimum Gasteiger partial charge on any atom is -0.356 e. The van der Waals surface area contributed by atoms with Crippen LogP contribution in [0.2, 0.25) is 0 Å². The monoisotopic (exact) mass is 326 g/mol. The van der Waals surface area contributed by atoms with Crippen LogP contribution in [0.25, 0.3) is 5.69 Å². The molecule has 0 spiro atoms. The van der Waals surface area contributed by atoms with E-state index in [0.29, 0.717) is 5.41 Å². The number of rotatable bonds is 6. The normalized spacial score (nSPS) is 16.5. The fourth-order valence-electron chi connectivity index (χ4n) is 3.12. The average molecular weight is 326 g/mol. The summed E-state index contributed by atoms with van der Waals surface area (Å²) in [5.74, 6) is 0.870. The van der Waals surface area contributed by atoms with Crippen LogP contribution in [0.5, 0.6) is 0 Å². The summed E-state index contributed by atoms with van der Waals surface area (Å²) in [7, 11) is 1.82. The quantitative estimate of drug-likeness (QED) is 0.632. The Bertz CT molecular complexity index is 650. The Balaban J connectivity index is 1.50. The first-order valence-corrected chi connectivity index (χ1v) is 8.63. The van der Waals surface area contributed by atoms with Gasteiger partial charge in [-0.05, 0) is 42.4 Å². The number of benzene rings is 1. The van der Waals surface area contributed by atoms with Gasteiger partial charge in [0.15, 0.2) is 5.96 Å². The molecule has 1 aromatic carbocycles. The van der Waals surface area contributed by atoms with Crippen LogP contribution in [0.15, 0.2) is 41.9 Å². The molecule has 0 amide bonds. The van der Waals surface area contributed by atoms with Crippen molar-refractivity contribution in [1.82, 2.24) is 25.4 Å². The Hall–Kier alpha value is -2.37. The number of aliphatic imine (C=N–C) groups is 1. The predicted octanol–water partition coefficient (Wildman–Crippen LogP) is 2.51. The fourth-order valence-corrected chi connectivity index (χ4v) is 3.12. The maximum Gasteiger partial charge on any atom is 0.191 e. The van der Waals surface area contributed by atoms with Crippen molar-refractivity contribution in [2.45, 2.75) is 39.2 Å². The lowest BCUT2D eigenvalue weighted by Gasteiger charge is -2.41. The molecule has 24 heavy (non-hydrogen) atoms. The summed E-state index contributed by atoms with van der Waals surface area (Å²) in [6, 6.07) is 8.28. The Kier molecular flexibility index (Phi) is 5.13. The maximum absolute atomic E-state index is 4.33. The minimum absolute atomic E-state index is 0.483. The predicted molar refractivity (Wildman–Crippen MR) is 96.1 cm³/mol. The molecule has 3 rings (SSSR count). The number of hydrogen-bond donors (Lipinski definition) is 2. The topological polar surface area (TPSA) is 67.1 Å². The molecule has 1 aromatic heterocycles. The van der Waals surface area contributed by atoms with Gasteiger partial charge in [-0.15, -0.1) is 0 Å². The molecule has 0 radical (unpaired) electrons. The van der Waals surface area contributed by atoms with Crippen molar-refractivity contribution in [3.63, 3.8) is 0 Å². The van der Waals surface area contributed by atoms with Crippen molar-refractivity contribution < 1.29 is 0 Å². The van der Waals surface area contributed by atoms with E-state index in [9.17, 15) is 0 Å². The molecular weight excluding hydrogens is 300 g/mol. The van der Waals surface area contributed by atoms with E-state index >= 15 is 0 Å². The summed E-state index contributed by atoms with van der Waals surface area (Å²) in [6.07, 6.45) is 8.49. The highest BCUT2D eigenvalue weighted by molar-refractivity contribution is 5.79. The highest BCUT2D eigenvalue weighted by Crippen LogP contribution is 2.42. The molecule has 1 heterocycles. The van der Waals surface area contributed by atoms with Gasteiger partial charge < -0.3 is 10.6 Å². The van der Waals surface area contributed by atoms with Crippen LogP contribution in [0.3, 0.4) is 0 Å². The second-order valence-electron chi connectivity index (χ2n) is 6.49. The molecule has 0 aliphatic heterocycles. The van der Waals surface area contributed by atoms with Crippen LogP contribution in [-0.4, -0.2) is 34.3 Å². The summed E-state index contributed by atoms with van der Waals surface area (Å²) in [5.41, 5.74) is 2.70. The molecule has 1 aliphatic rings. The van der Waals surface area contributed by atoms with E-state index < -0.39 is 0 Å². The van der Waals surface area contributed by atoms with Crippen LogP contribution >= 0.6 is 0 Å². The zero-order valence-corrected chi connectivity index (χ0v) is 14.5. The molecule has 0 bridgehead atoms. The van der Waals surface area contributed by atoms with E-state index in [0.717, 1.165) is 24.7 Å². The van der Waals surface area contributed by atoms with Crippen molar-refractivity contribution in [2.24, 2.45) is 10.4 Å². The summed E-state index contributed by atoms with van der Waals surface area (Å²) in [6.45, 7) is 4.04. The number of aromatic nitrogens is 3. The van der Waals surface area contributed by atoms with Crippen molar-refractivity contribution in [2.75, 3.05) is 13.6 Å². The van der Waals surface area contributed by atoms with Gasteiger partial charge in [0.1, 0.15) is 12.7 Å². The largest absolute Gasteiger partial charge is 0.356 e. The van der Waals surface area contributed by atoms with E-state index in [1.165, 1.54) is 37.6 Å². The fraction of sp³-hybridized carbons (Fsp3) is 0.500. The van der Waals surface area contributed by atoms with Gasteiger partial charge in [-0.25, -0.2) is 9.67 Å². The van der Waals surface area contributed by atoms with E-state index in [2.05, 4.69) is 44.8 Å². The van der Waals surface area contributed by atoms with Crippen LogP contribution in [0, 0.1) is 5.41 Å². The second kappa shape index (κ2) is 7.47. The minimum atomic E-state index is 0.483. The van der Waals surface area contributed by atoms with Crippen molar-refractivity contribution in [3.8, 4) is 5.69 Å². The molecule has 0 unspecified atom stereocenters. The van der Waals surface area contributed by atoms with Crippen molar-refractivity contribution in [1.29, 1.82) is 0 Å². The van der Waals surface area contributed by atoms with Gasteiger partial charge in [0.05, 0.1) is 5.69 Å². The summed E-state index contributed by atoms with van der Waals surface area (Å²) in [5, 5.41) is 11.0. The van der Waals surface area contributed by atoms with Crippen LogP contribution in [0.4, 0.5) is 0 Å². The zero-order chi connectivity index (χ0) is 16.8. The Morgan fingerprint density at radius 1 is 1.25 bits per heavy atom. The molecule has 1 fully saturated rings. The SMILES string of the molecule is CCC1(CNC(=NC)NCc2ccc(-n3cncn3)cc2)CCC1. The molecular formula is C18H26N6. The third kappa shape index (κ3) is 3.75. The summed E-state index contributed by atoms with van der Waals surface area (Å²) in [4.78, 5) is 8.30. The van der Waals surface area contributed by atoms with Crippen molar-refractivity contribution >= 4 is 5.96 Å². The molecule has 0 atom stereocenters. The van der Waals surface area contributed by atoms with E-state index in [-0.39, 0.29) is 0 Å². The van der Waals surface area contributed by atoms with Crippen LogP contribution < -0.4 is 10.6 Å². The maximum atomic E-state index is 4.33. The van der Waals surface area contributed by atoms with Gasteiger partial charge in [0.25, 0.3) is 0 Å². The highest BCUT2D eigenvalue weighted by Gasteiger charge is 2.34. The third-order valence-electron chi connectivity index (χ3n) is 5.10. The Labute approximate surface area is 143 Å². The molecule has 128 valence electrons. The van der Waals surface area contributed by atoms with Gasteiger partial charge in [-0.1, -0.05) is 25.5 Å². The van der Waals surface area contributed by atoms with Crippen LogP contribution in [0.1, 0.15) is 38.2 Å². The first kappa shape index (κ1) is 16.5. The number of nitrogens with zero attached hydrogens (tertiary/aromatic N) is 4. The first-order chi connectivity index (χ1) is 11.7. The lowest BCUT2D eigenvalue weighted by molar-refractivity contribution is 0.131. The van der Waals surface area contributed by atoms with Gasteiger partial charge >= 0.3 is 0 Å². The summed E-state index contributed by atoms with van der Waals surface area (Å²) >= 11 is 0. The second-order valence-corrected chi connectivity index (χ2v) is 6.49. The number of nitrogens with one attached hydrogen (secondary N) is 2. The molecule has 6 nitrogen and oxygen atoms in total. The molecule has 2 aromatic rings. The number of hydrogen-bond acceptors (Lipinski definition) is 3. The van der Waals surface area contributed by atoms with Gasteiger partial charge in [0, 0.05) is 20.1 Å². The lowest BCUT2D eigenvalue weighted by Crippen LogP contribution is -2.46. The lowest BCUT2D eigenvalue weighted by atomic mass is 9.67. The molecule has 2 N–H and O–H groups in total. The Morgan fingerprint density at radius 2 is 2.04 bits per heavy atom. The van der Waals surface area contributed by atoms with Crippen molar-refractivity contribution in [3.05, 3.63) is 42.5 Å². The smallest absolute Gasteiger partial charge is 0.191 e. The molecule has 0 saturated heterocycles. The molecule has 6 heteroatoms. The molecule has 1 aliphatic carbocycles. The zero-order valence-electron chi connectivity index (χ0n) is 14.5. The average Bonchev–Trinajstić information content (AvgIpc) is 3.12. The summed E-state index contributed by atoms with van der Waals surface area (Å²) < 4.78 is 1.75. The standard InChI is InChI=1S/C18H26N6/c1-3-18(9-4-10-18)12-22-17(19-2)21-11-15-5-7-16(8-6-15)24-14-20-13-23-24/h5-8,13-14H,3-4,9-12H2,1-2H3,(H2,19,21,22). The first-order valence-electron chi connectivity index (χ1n) is 8.63.